The summed E-state index contributed by atoms with van der Waals surface area (Å²) in [6.45, 7) is 0.816. The molecule has 182 valence electrons. The van der Waals surface area contributed by atoms with Crippen molar-refractivity contribution >= 4 is 11.6 Å². The molecule has 0 aliphatic heterocycles. The minimum atomic E-state index is -5.24. The van der Waals surface area contributed by atoms with Crippen LogP contribution in [0.1, 0.15) is 30.0 Å². The molecule has 0 spiro atoms. The summed E-state index contributed by atoms with van der Waals surface area (Å²) in [7, 11) is 1.48. The van der Waals surface area contributed by atoms with Crippen LogP contribution >= 0.6 is 0 Å². The highest BCUT2D eigenvalue weighted by Crippen LogP contribution is 2.41. The van der Waals surface area contributed by atoms with E-state index in [0.29, 0.717) is 11.6 Å². The maximum Gasteiger partial charge on any atom is 0.423 e. The monoisotopic (exact) mass is 478 g/mol. The maximum absolute atomic E-state index is 13.7. The number of ether oxygens (including phenoxy) is 1. The maximum atomic E-state index is 13.7. The van der Waals surface area contributed by atoms with Gasteiger partial charge in [-0.1, -0.05) is 24.3 Å². The molecule has 2 aromatic rings. The quantitative estimate of drug-likeness (QED) is 0.461. The average molecular weight is 478 g/mol. The smallest absolute Gasteiger partial charge is 0.381 e. The van der Waals surface area contributed by atoms with Gasteiger partial charge in [-0.25, -0.2) is 0 Å². The topological polar surface area (TPSA) is 70.6 Å². The second-order valence-corrected chi connectivity index (χ2v) is 7.51. The number of rotatable bonds is 9. The summed E-state index contributed by atoms with van der Waals surface area (Å²) in [6, 6.07) is 8.49. The van der Waals surface area contributed by atoms with E-state index in [1.54, 1.807) is 19.1 Å². The summed E-state index contributed by atoms with van der Waals surface area (Å²) in [5, 5.41) is 15.4. The summed E-state index contributed by atoms with van der Waals surface area (Å²) in [4.78, 5) is 11.8. The zero-order valence-electron chi connectivity index (χ0n) is 17.8. The molecule has 0 radical (unpaired) electrons. The van der Waals surface area contributed by atoms with E-state index in [9.17, 15) is 36.2 Å². The largest absolute Gasteiger partial charge is 0.423 e. The molecule has 0 heterocycles. The molecule has 5 nitrogen and oxygen atoms in total. The van der Waals surface area contributed by atoms with Crippen molar-refractivity contribution in [3.05, 3.63) is 65.2 Å². The predicted octanol–water partition coefficient (Wildman–Crippen LogP) is 4.61. The van der Waals surface area contributed by atoms with E-state index in [4.69, 9.17) is 4.74 Å². The van der Waals surface area contributed by atoms with E-state index in [-0.39, 0.29) is 36.7 Å². The van der Waals surface area contributed by atoms with Gasteiger partial charge in [-0.3, -0.25) is 4.79 Å². The number of hydrogen-bond donors (Lipinski definition) is 3. The Bertz CT molecular complexity index is 931. The molecule has 0 saturated carbocycles. The Kier molecular flexibility index (Phi) is 8.36. The van der Waals surface area contributed by atoms with Gasteiger partial charge in [0.15, 0.2) is 0 Å². The molecule has 3 N–H and O–H groups in total. The number of carbonyl (C=O) groups is 1. The van der Waals surface area contributed by atoms with Crippen LogP contribution in [-0.4, -0.2) is 36.9 Å². The Morgan fingerprint density at radius 1 is 1.03 bits per heavy atom. The summed E-state index contributed by atoms with van der Waals surface area (Å²) in [6.07, 6.45) is -10.2. The number of benzene rings is 2. The highest BCUT2D eigenvalue weighted by Gasteiger charge is 2.55. The third-order valence-electron chi connectivity index (χ3n) is 5.00. The minimum absolute atomic E-state index is 0.168. The molecule has 2 rings (SSSR count). The van der Waals surface area contributed by atoms with Crippen LogP contribution in [0.3, 0.4) is 0 Å². The number of amides is 1. The third-order valence-corrected chi connectivity index (χ3v) is 5.00. The predicted molar refractivity (Wildman–Crippen MR) is 109 cm³/mol. The molecule has 0 saturated heterocycles. The van der Waals surface area contributed by atoms with E-state index in [1.807, 2.05) is 0 Å². The van der Waals surface area contributed by atoms with E-state index >= 15 is 0 Å². The number of halogens is 6. The fourth-order valence-corrected chi connectivity index (χ4v) is 2.91. The fraction of sp³-hybridized carbons (Fsp3) is 0.409. The van der Waals surface area contributed by atoms with Crippen LogP contribution in [-0.2, 0) is 27.9 Å². The minimum Gasteiger partial charge on any atom is -0.381 e. The van der Waals surface area contributed by atoms with Crippen molar-refractivity contribution in [3.8, 4) is 0 Å². The number of nitrogens with one attached hydrogen (secondary N) is 2. The standard InChI is InChI=1S/C22H24F6N2O3/c1-14(33-2)10-19(31)29-12-15-6-8-18(9-7-15)30-13-20(32,22(26,27)28)16-4-3-5-17(11-16)21(23,24)25/h3-9,11,14,30,32H,10,12-13H2,1-2H3,(H,29,31)/t14-,20+/m0/s1. The lowest BCUT2D eigenvalue weighted by Gasteiger charge is -2.32. The second-order valence-electron chi connectivity index (χ2n) is 7.51. The van der Waals surface area contributed by atoms with Crippen LogP contribution < -0.4 is 10.6 Å². The van der Waals surface area contributed by atoms with Crippen LogP contribution in [0.15, 0.2) is 48.5 Å². The van der Waals surface area contributed by atoms with Gasteiger partial charge in [0.2, 0.25) is 11.5 Å². The molecule has 2 aromatic carbocycles. The lowest BCUT2D eigenvalue weighted by molar-refractivity contribution is -0.260. The number of anilines is 1. The summed E-state index contributed by atoms with van der Waals surface area (Å²) < 4.78 is 84.7. The average Bonchev–Trinajstić information content (AvgIpc) is 2.75. The van der Waals surface area contributed by atoms with Gasteiger partial charge < -0.3 is 20.5 Å². The zero-order chi connectivity index (χ0) is 24.9. The van der Waals surface area contributed by atoms with Crippen molar-refractivity contribution in [1.29, 1.82) is 0 Å². The van der Waals surface area contributed by atoms with Crippen molar-refractivity contribution in [2.24, 2.45) is 0 Å². The molecule has 0 aliphatic carbocycles. The van der Waals surface area contributed by atoms with Crippen LogP contribution in [0.4, 0.5) is 32.0 Å². The van der Waals surface area contributed by atoms with Crippen molar-refractivity contribution in [1.82, 2.24) is 5.32 Å². The van der Waals surface area contributed by atoms with Gasteiger partial charge in [-0.15, -0.1) is 0 Å². The Balaban J connectivity index is 2.09. The molecule has 0 unspecified atom stereocenters. The number of aliphatic hydroxyl groups is 1. The molecular formula is C22H24F6N2O3. The number of alkyl halides is 6. The van der Waals surface area contributed by atoms with Gasteiger partial charge in [-0.2, -0.15) is 26.3 Å². The normalized spacial score (nSPS) is 14.9. The van der Waals surface area contributed by atoms with Crippen molar-refractivity contribution < 1.29 is 41.0 Å². The first-order valence-electron chi connectivity index (χ1n) is 9.85. The third kappa shape index (κ3) is 7.10. The van der Waals surface area contributed by atoms with E-state index < -0.39 is 35.6 Å². The van der Waals surface area contributed by atoms with Gasteiger partial charge in [0, 0.05) is 19.3 Å². The number of methoxy groups -OCH3 is 1. The first-order chi connectivity index (χ1) is 15.3. The first-order valence-corrected chi connectivity index (χ1v) is 9.85. The van der Waals surface area contributed by atoms with E-state index in [1.165, 1.54) is 19.2 Å². The lowest BCUT2D eigenvalue weighted by atomic mass is 9.91. The number of hydrogen-bond acceptors (Lipinski definition) is 4. The van der Waals surface area contributed by atoms with Gasteiger partial charge in [0.1, 0.15) is 0 Å². The van der Waals surface area contributed by atoms with Crippen molar-refractivity contribution in [2.45, 2.75) is 43.9 Å². The highest BCUT2D eigenvalue weighted by atomic mass is 19.4. The first kappa shape index (κ1) is 26.5. The molecule has 0 fully saturated rings. The molecule has 0 bridgehead atoms. The van der Waals surface area contributed by atoms with Crippen LogP contribution in [0.2, 0.25) is 0 Å². The van der Waals surface area contributed by atoms with Crippen LogP contribution in [0.25, 0.3) is 0 Å². The van der Waals surface area contributed by atoms with Crippen LogP contribution in [0.5, 0.6) is 0 Å². The Morgan fingerprint density at radius 3 is 2.18 bits per heavy atom. The van der Waals surface area contributed by atoms with E-state index in [2.05, 4.69) is 10.6 Å². The van der Waals surface area contributed by atoms with Crippen molar-refractivity contribution in [2.75, 3.05) is 19.0 Å². The zero-order valence-corrected chi connectivity index (χ0v) is 17.8. The molecule has 0 aliphatic rings. The van der Waals surface area contributed by atoms with Gasteiger partial charge >= 0.3 is 12.4 Å². The Labute approximate surface area is 186 Å². The van der Waals surface area contributed by atoms with Gasteiger partial charge in [0.05, 0.1) is 24.6 Å². The summed E-state index contributed by atoms with van der Waals surface area (Å²) in [5.41, 5.74) is -4.91. The summed E-state index contributed by atoms with van der Waals surface area (Å²) in [5.74, 6) is -0.233. The molecule has 0 aromatic heterocycles. The Hall–Kier alpha value is -2.79. The molecule has 1 amide bonds. The van der Waals surface area contributed by atoms with Crippen LogP contribution in [0, 0.1) is 0 Å². The highest BCUT2D eigenvalue weighted by molar-refractivity contribution is 5.76. The van der Waals surface area contributed by atoms with Crippen molar-refractivity contribution in [3.63, 3.8) is 0 Å². The number of carbonyl (C=O) groups excluding carboxylic acids is 1. The van der Waals surface area contributed by atoms with Gasteiger partial charge in [0.25, 0.3) is 0 Å². The fourth-order valence-electron chi connectivity index (χ4n) is 2.91. The lowest BCUT2D eigenvalue weighted by Crippen LogP contribution is -2.47. The SMILES string of the molecule is CO[C@@H](C)CC(=O)NCc1ccc(NC[C@@](O)(c2cccc(C(F)(F)F)c2)C(F)(F)F)cc1. The Morgan fingerprint density at radius 2 is 1.64 bits per heavy atom. The summed E-state index contributed by atoms with van der Waals surface area (Å²) >= 11 is 0. The molecule has 2 atom stereocenters. The van der Waals surface area contributed by atoms with E-state index in [0.717, 1.165) is 12.1 Å². The molecule has 33 heavy (non-hydrogen) atoms. The van der Waals surface area contributed by atoms with Gasteiger partial charge in [-0.05, 0) is 42.3 Å². The molecule has 11 heteroatoms. The second kappa shape index (κ2) is 10.4. The molecular weight excluding hydrogens is 454 g/mol.